The molecule has 1 saturated heterocycles. The maximum Gasteiger partial charge on any atom is 0.268 e. The molecule has 1 aromatic heterocycles. The van der Waals surface area contributed by atoms with Crippen molar-refractivity contribution >= 4 is 11.6 Å². The van der Waals surface area contributed by atoms with Crippen LogP contribution in [-0.4, -0.2) is 29.2 Å². The Bertz CT molecular complexity index is 465. The summed E-state index contributed by atoms with van der Waals surface area (Å²) in [5.74, 6) is 0.589. The number of anilines is 1. The zero-order valence-corrected chi connectivity index (χ0v) is 10.6. The van der Waals surface area contributed by atoms with Crippen LogP contribution in [0.2, 0.25) is 0 Å². The Hall–Kier alpha value is -1.49. The summed E-state index contributed by atoms with van der Waals surface area (Å²) >= 11 is 0. The second kappa shape index (κ2) is 4.31. The maximum absolute atomic E-state index is 12.2. The highest BCUT2D eigenvalue weighted by atomic mass is 16.5. The van der Waals surface area contributed by atoms with Crippen LogP contribution in [0.15, 0.2) is 12.3 Å². The molecule has 1 saturated carbocycles. The summed E-state index contributed by atoms with van der Waals surface area (Å²) < 4.78 is 7.47. The van der Waals surface area contributed by atoms with Crippen LogP contribution in [-0.2, 0) is 11.8 Å². The number of hydrogen-bond acceptors (Lipinski definition) is 3. The molecule has 3 N–H and O–H groups in total. The van der Waals surface area contributed by atoms with Gasteiger partial charge >= 0.3 is 0 Å². The molecule has 98 valence electrons. The first kappa shape index (κ1) is 11.6. The van der Waals surface area contributed by atoms with E-state index in [4.69, 9.17) is 10.5 Å². The van der Waals surface area contributed by atoms with Crippen molar-refractivity contribution in [3.05, 3.63) is 18.0 Å². The van der Waals surface area contributed by atoms with Crippen molar-refractivity contribution in [1.29, 1.82) is 0 Å². The summed E-state index contributed by atoms with van der Waals surface area (Å²) in [6, 6.07) is 1.86. The molecule has 0 bridgehead atoms. The number of aromatic nitrogens is 1. The number of carbonyl (C=O) groups excluding carboxylic acids is 1. The van der Waals surface area contributed by atoms with Crippen LogP contribution < -0.4 is 11.1 Å². The lowest BCUT2D eigenvalue weighted by atomic mass is 10.1. The molecule has 0 spiro atoms. The fraction of sp³-hybridized carbons (Fsp3) is 0.615. The zero-order chi connectivity index (χ0) is 12.7. The molecule has 5 nitrogen and oxygen atoms in total. The first-order chi connectivity index (χ1) is 8.65. The Labute approximate surface area is 106 Å². The molecule has 1 aliphatic carbocycles. The van der Waals surface area contributed by atoms with E-state index >= 15 is 0 Å². The summed E-state index contributed by atoms with van der Waals surface area (Å²) in [6.45, 7) is 0.751. The summed E-state index contributed by atoms with van der Waals surface area (Å²) in [5, 5.41) is 3.08. The van der Waals surface area contributed by atoms with Crippen molar-refractivity contribution in [2.24, 2.45) is 13.0 Å². The van der Waals surface area contributed by atoms with E-state index in [0.717, 1.165) is 13.0 Å². The Kier molecular flexibility index (Phi) is 2.78. The number of aryl methyl sites for hydroxylation is 1. The van der Waals surface area contributed by atoms with Crippen molar-refractivity contribution < 1.29 is 9.53 Å². The molecule has 2 heterocycles. The van der Waals surface area contributed by atoms with E-state index in [0.29, 0.717) is 17.3 Å². The van der Waals surface area contributed by atoms with E-state index in [1.807, 2.05) is 7.05 Å². The number of hydrogen-bond donors (Lipinski definition) is 2. The number of nitrogens with two attached hydrogens (primary N) is 1. The number of nitrogens with one attached hydrogen (secondary N) is 1. The molecule has 2 unspecified atom stereocenters. The van der Waals surface area contributed by atoms with Gasteiger partial charge in [0.05, 0.1) is 17.8 Å². The van der Waals surface area contributed by atoms with E-state index in [-0.39, 0.29) is 18.1 Å². The number of carbonyl (C=O) groups is 1. The third-order valence-electron chi connectivity index (χ3n) is 3.80. The molecule has 3 rings (SSSR count). The quantitative estimate of drug-likeness (QED) is 0.836. The number of amides is 1. The molecule has 5 heteroatoms. The van der Waals surface area contributed by atoms with E-state index in [9.17, 15) is 4.79 Å². The van der Waals surface area contributed by atoms with Crippen LogP contribution in [0.1, 0.15) is 29.8 Å². The van der Waals surface area contributed by atoms with Gasteiger partial charge in [-0.25, -0.2) is 0 Å². The van der Waals surface area contributed by atoms with Gasteiger partial charge in [0.25, 0.3) is 5.91 Å². The lowest BCUT2D eigenvalue weighted by Crippen LogP contribution is -2.41. The van der Waals surface area contributed by atoms with Crippen LogP contribution in [0.4, 0.5) is 5.69 Å². The lowest BCUT2D eigenvalue weighted by molar-refractivity contribution is 0.0726. The van der Waals surface area contributed by atoms with Crippen LogP contribution in [0.5, 0.6) is 0 Å². The van der Waals surface area contributed by atoms with Crippen molar-refractivity contribution in [1.82, 2.24) is 9.88 Å². The summed E-state index contributed by atoms with van der Waals surface area (Å²) in [5.41, 5.74) is 6.91. The number of rotatable bonds is 3. The Balaban J connectivity index is 1.68. The fourth-order valence-electron chi connectivity index (χ4n) is 2.71. The standard InChI is InChI=1S/C13H19N3O2/c1-16-7-9(14)6-11(16)13(17)15-10-4-5-18-12(10)8-2-3-8/h6-8,10,12H,2-5,14H2,1H3,(H,15,17). The zero-order valence-electron chi connectivity index (χ0n) is 10.6. The minimum absolute atomic E-state index is 0.0599. The second-order valence-corrected chi connectivity index (χ2v) is 5.31. The molecular formula is C13H19N3O2. The molecule has 1 amide bonds. The maximum atomic E-state index is 12.2. The highest BCUT2D eigenvalue weighted by Crippen LogP contribution is 2.38. The van der Waals surface area contributed by atoms with Gasteiger partial charge in [-0.1, -0.05) is 0 Å². The SMILES string of the molecule is Cn1cc(N)cc1C(=O)NC1CCOC1C1CC1. The van der Waals surface area contributed by atoms with Gasteiger partial charge in [-0.15, -0.1) is 0 Å². The minimum Gasteiger partial charge on any atom is -0.397 e. The molecule has 2 fully saturated rings. The Morgan fingerprint density at radius 1 is 1.50 bits per heavy atom. The Morgan fingerprint density at radius 2 is 2.28 bits per heavy atom. The van der Waals surface area contributed by atoms with Gasteiger partial charge in [0.15, 0.2) is 0 Å². The first-order valence-corrected chi connectivity index (χ1v) is 6.49. The number of nitrogen functional groups attached to an aromatic ring is 1. The van der Waals surface area contributed by atoms with Crippen molar-refractivity contribution in [3.63, 3.8) is 0 Å². The molecule has 0 aromatic carbocycles. The second-order valence-electron chi connectivity index (χ2n) is 5.31. The fourth-order valence-corrected chi connectivity index (χ4v) is 2.71. The average molecular weight is 249 g/mol. The monoisotopic (exact) mass is 249 g/mol. The normalized spacial score (nSPS) is 27.4. The van der Waals surface area contributed by atoms with Crippen LogP contribution >= 0.6 is 0 Å². The first-order valence-electron chi connectivity index (χ1n) is 6.49. The smallest absolute Gasteiger partial charge is 0.268 e. The molecular weight excluding hydrogens is 230 g/mol. The van der Waals surface area contributed by atoms with Crippen molar-refractivity contribution in [2.75, 3.05) is 12.3 Å². The molecule has 18 heavy (non-hydrogen) atoms. The Morgan fingerprint density at radius 3 is 2.89 bits per heavy atom. The van der Waals surface area contributed by atoms with Gasteiger partial charge in [-0.05, 0) is 31.2 Å². The van der Waals surface area contributed by atoms with Crippen LogP contribution in [0, 0.1) is 5.92 Å². The van der Waals surface area contributed by atoms with Crippen LogP contribution in [0.3, 0.4) is 0 Å². The number of ether oxygens (including phenoxy) is 1. The topological polar surface area (TPSA) is 69.3 Å². The molecule has 0 radical (unpaired) electrons. The van der Waals surface area contributed by atoms with Crippen LogP contribution in [0.25, 0.3) is 0 Å². The third-order valence-corrected chi connectivity index (χ3v) is 3.80. The lowest BCUT2D eigenvalue weighted by Gasteiger charge is -2.19. The molecule has 1 aliphatic heterocycles. The van der Waals surface area contributed by atoms with Gasteiger partial charge in [-0.2, -0.15) is 0 Å². The third kappa shape index (κ3) is 2.10. The van der Waals surface area contributed by atoms with E-state index in [1.165, 1.54) is 12.8 Å². The number of nitrogens with zero attached hydrogens (tertiary/aromatic N) is 1. The predicted octanol–water partition coefficient (Wildman–Crippen LogP) is 0.905. The highest BCUT2D eigenvalue weighted by molar-refractivity contribution is 5.94. The average Bonchev–Trinajstić information content (AvgIpc) is 2.97. The van der Waals surface area contributed by atoms with Gasteiger partial charge in [0, 0.05) is 19.9 Å². The van der Waals surface area contributed by atoms with Crippen molar-refractivity contribution in [2.45, 2.75) is 31.4 Å². The largest absolute Gasteiger partial charge is 0.397 e. The van der Waals surface area contributed by atoms with Gasteiger partial charge in [-0.3, -0.25) is 4.79 Å². The minimum atomic E-state index is -0.0599. The molecule has 2 atom stereocenters. The van der Waals surface area contributed by atoms with E-state index < -0.39 is 0 Å². The van der Waals surface area contributed by atoms with Gasteiger partial charge in [0.1, 0.15) is 5.69 Å². The van der Waals surface area contributed by atoms with E-state index in [1.54, 1.807) is 16.8 Å². The van der Waals surface area contributed by atoms with Crippen molar-refractivity contribution in [3.8, 4) is 0 Å². The summed E-state index contributed by atoms with van der Waals surface area (Å²) in [4.78, 5) is 12.2. The molecule has 2 aliphatic rings. The van der Waals surface area contributed by atoms with Gasteiger partial charge in [0.2, 0.25) is 0 Å². The van der Waals surface area contributed by atoms with Gasteiger partial charge < -0.3 is 20.4 Å². The van der Waals surface area contributed by atoms with E-state index in [2.05, 4.69) is 5.32 Å². The molecule has 1 aromatic rings. The summed E-state index contributed by atoms with van der Waals surface area (Å²) in [6.07, 6.45) is 5.33. The highest BCUT2D eigenvalue weighted by Gasteiger charge is 2.41. The predicted molar refractivity (Wildman–Crippen MR) is 68.2 cm³/mol. The summed E-state index contributed by atoms with van der Waals surface area (Å²) in [7, 11) is 1.83.